The maximum absolute atomic E-state index is 11.4. The lowest BCUT2D eigenvalue weighted by atomic mass is 10.2. The minimum Gasteiger partial charge on any atom is -0.493 e. The second-order valence-electron chi connectivity index (χ2n) is 7.29. The number of rotatable bonds is 8. The SMILES string of the molecule is CC.CC(=O)O.CCOc1cc(OCc2nc3ccccc3n2Cc2ccccc2)ccc1C(=O)O. The summed E-state index contributed by atoms with van der Waals surface area (Å²) in [4.78, 5) is 25.1. The Hall–Kier alpha value is -4.33. The molecule has 0 spiro atoms. The monoisotopic (exact) mass is 492 g/mol. The molecule has 3 aromatic carbocycles. The predicted molar refractivity (Wildman–Crippen MR) is 139 cm³/mol. The van der Waals surface area contributed by atoms with Crippen LogP contribution < -0.4 is 9.47 Å². The van der Waals surface area contributed by atoms with Crippen molar-refractivity contribution in [3.8, 4) is 11.5 Å². The van der Waals surface area contributed by atoms with Gasteiger partial charge >= 0.3 is 5.97 Å². The fourth-order valence-electron chi connectivity index (χ4n) is 3.37. The highest BCUT2D eigenvalue weighted by Gasteiger charge is 2.15. The zero-order chi connectivity index (χ0) is 26.5. The standard InChI is InChI=1S/C24H22N2O4.C2H4O2.C2H6/c1-2-29-22-14-18(12-13-19(22)24(27)28)30-16-23-25-20-10-6-7-11-21(20)26(23)15-17-8-4-3-5-9-17;1-2(3)4;1-2/h3-14H,2,15-16H2,1H3,(H,27,28);1H3,(H,3,4);1-2H3. The molecule has 0 bridgehead atoms. The summed E-state index contributed by atoms with van der Waals surface area (Å²) in [6.07, 6.45) is 0. The second-order valence-corrected chi connectivity index (χ2v) is 7.29. The zero-order valence-electron chi connectivity index (χ0n) is 21.0. The molecule has 4 rings (SSSR count). The van der Waals surface area contributed by atoms with Gasteiger partial charge in [0.2, 0.25) is 0 Å². The van der Waals surface area contributed by atoms with Crippen LogP contribution in [0.3, 0.4) is 0 Å². The van der Waals surface area contributed by atoms with Gasteiger partial charge in [0.1, 0.15) is 29.5 Å². The molecule has 0 saturated heterocycles. The summed E-state index contributed by atoms with van der Waals surface area (Å²) >= 11 is 0. The first-order chi connectivity index (χ1) is 17.4. The van der Waals surface area contributed by atoms with Crippen molar-refractivity contribution in [2.45, 2.75) is 40.8 Å². The van der Waals surface area contributed by atoms with Crippen molar-refractivity contribution < 1.29 is 29.3 Å². The molecule has 1 aromatic heterocycles. The Morgan fingerprint density at radius 3 is 2.19 bits per heavy atom. The van der Waals surface area contributed by atoms with Crippen LogP contribution >= 0.6 is 0 Å². The van der Waals surface area contributed by atoms with E-state index in [1.807, 2.05) is 63.2 Å². The van der Waals surface area contributed by atoms with Crippen molar-refractivity contribution >= 4 is 23.0 Å². The van der Waals surface area contributed by atoms with Crippen molar-refractivity contribution in [3.63, 3.8) is 0 Å². The zero-order valence-corrected chi connectivity index (χ0v) is 21.0. The van der Waals surface area contributed by atoms with E-state index in [9.17, 15) is 9.90 Å². The van der Waals surface area contributed by atoms with Crippen LogP contribution in [0.15, 0.2) is 72.8 Å². The molecule has 0 aliphatic carbocycles. The first-order valence-corrected chi connectivity index (χ1v) is 11.7. The van der Waals surface area contributed by atoms with Crippen LogP contribution in [0.1, 0.15) is 49.4 Å². The largest absolute Gasteiger partial charge is 0.493 e. The molecule has 0 saturated carbocycles. The van der Waals surface area contributed by atoms with Gasteiger partial charge in [-0.25, -0.2) is 9.78 Å². The molecule has 0 aliphatic rings. The Kier molecular flexibility index (Phi) is 11.0. The van der Waals surface area contributed by atoms with Crippen LogP contribution in [0, 0.1) is 0 Å². The topological polar surface area (TPSA) is 111 Å². The third-order valence-electron chi connectivity index (χ3n) is 4.77. The summed E-state index contributed by atoms with van der Waals surface area (Å²) < 4.78 is 13.6. The summed E-state index contributed by atoms with van der Waals surface area (Å²) in [5.41, 5.74) is 3.23. The van der Waals surface area contributed by atoms with Crippen LogP contribution in [0.25, 0.3) is 11.0 Å². The maximum atomic E-state index is 11.4. The quantitative estimate of drug-likeness (QED) is 0.316. The Morgan fingerprint density at radius 2 is 1.56 bits per heavy atom. The molecular weight excluding hydrogens is 460 g/mol. The summed E-state index contributed by atoms with van der Waals surface area (Å²) in [5.74, 6) is -0.253. The number of ether oxygens (including phenoxy) is 2. The van der Waals surface area contributed by atoms with E-state index in [0.717, 1.165) is 23.8 Å². The van der Waals surface area contributed by atoms with Crippen LogP contribution in [-0.2, 0) is 17.9 Å². The van der Waals surface area contributed by atoms with Gasteiger partial charge in [0.25, 0.3) is 5.97 Å². The van der Waals surface area contributed by atoms with Gasteiger partial charge in [-0.15, -0.1) is 0 Å². The molecule has 0 aliphatic heterocycles. The third kappa shape index (κ3) is 7.87. The molecule has 8 heteroatoms. The fourth-order valence-corrected chi connectivity index (χ4v) is 3.37. The minimum atomic E-state index is -1.03. The summed E-state index contributed by atoms with van der Waals surface area (Å²) in [6, 6.07) is 22.9. The average molecular weight is 493 g/mol. The molecule has 0 radical (unpaired) electrons. The summed E-state index contributed by atoms with van der Waals surface area (Å²) in [5, 5.41) is 16.7. The lowest BCUT2D eigenvalue weighted by Crippen LogP contribution is -2.09. The van der Waals surface area contributed by atoms with Gasteiger partial charge in [0, 0.05) is 19.5 Å². The van der Waals surface area contributed by atoms with Gasteiger partial charge in [-0.2, -0.15) is 0 Å². The number of aromatic carboxylic acids is 1. The summed E-state index contributed by atoms with van der Waals surface area (Å²) in [7, 11) is 0. The molecule has 0 atom stereocenters. The van der Waals surface area contributed by atoms with Crippen molar-refractivity contribution in [2.24, 2.45) is 0 Å². The van der Waals surface area contributed by atoms with Crippen molar-refractivity contribution in [1.29, 1.82) is 0 Å². The number of fused-ring (bicyclic) bond motifs is 1. The van der Waals surface area contributed by atoms with Gasteiger partial charge in [0.15, 0.2) is 0 Å². The van der Waals surface area contributed by atoms with E-state index in [0.29, 0.717) is 24.7 Å². The molecule has 190 valence electrons. The molecule has 0 amide bonds. The van der Waals surface area contributed by atoms with Crippen molar-refractivity contribution in [2.75, 3.05) is 6.61 Å². The highest BCUT2D eigenvalue weighted by atomic mass is 16.5. The molecule has 0 unspecified atom stereocenters. The Labute approximate surface area is 210 Å². The van der Waals surface area contributed by atoms with Gasteiger partial charge in [0.05, 0.1) is 17.6 Å². The second kappa shape index (κ2) is 14.2. The highest BCUT2D eigenvalue weighted by Crippen LogP contribution is 2.26. The van der Waals surface area contributed by atoms with E-state index in [2.05, 4.69) is 16.7 Å². The molecule has 8 nitrogen and oxygen atoms in total. The molecule has 36 heavy (non-hydrogen) atoms. The molecule has 1 heterocycles. The van der Waals surface area contributed by atoms with Gasteiger partial charge in [-0.1, -0.05) is 56.3 Å². The number of aromatic nitrogens is 2. The predicted octanol–water partition coefficient (Wildman–Crippen LogP) is 5.88. The first kappa shape index (κ1) is 27.9. The number of imidazole rings is 1. The number of carboxylic acid groups (broad SMARTS) is 2. The number of hydrogen-bond donors (Lipinski definition) is 2. The van der Waals surface area contributed by atoms with E-state index in [1.54, 1.807) is 12.1 Å². The molecule has 0 fully saturated rings. The number of benzene rings is 3. The van der Waals surface area contributed by atoms with Crippen LogP contribution in [0.5, 0.6) is 11.5 Å². The van der Waals surface area contributed by atoms with Gasteiger partial charge in [-0.05, 0) is 36.8 Å². The minimum absolute atomic E-state index is 0.112. The number of para-hydroxylation sites is 2. The molecule has 4 aromatic rings. The summed E-state index contributed by atoms with van der Waals surface area (Å²) in [6.45, 7) is 8.20. The number of carboxylic acids is 2. The average Bonchev–Trinajstić information content (AvgIpc) is 3.21. The van der Waals surface area contributed by atoms with Crippen LogP contribution in [0.2, 0.25) is 0 Å². The van der Waals surface area contributed by atoms with Gasteiger partial charge < -0.3 is 24.3 Å². The molecular formula is C28H32N2O6. The van der Waals surface area contributed by atoms with E-state index < -0.39 is 11.9 Å². The Bertz CT molecular complexity index is 1260. The van der Waals surface area contributed by atoms with E-state index in [4.69, 9.17) is 24.4 Å². The lowest BCUT2D eigenvalue weighted by Gasteiger charge is -2.12. The Balaban J connectivity index is 0.000000694. The van der Waals surface area contributed by atoms with Crippen molar-refractivity contribution in [3.05, 3.63) is 89.7 Å². The van der Waals surface area contributed by atoms with Gasteiger partial charge in [-0.3, -0.25) is 4.79 Å². The number of carbonyl (C=O) groups is 2. The van der Waals surface area contributed by atoms with E-state index >= 15 is 0 Å². The van der Waals surface area contributed by atoms with Crippen molar-refractivity contribution in [1.82, 2.24) is 9.55 Å². The third-order valence-corrected chi connectivity index (χ3v) is 4.77. The lowest BCUT2D eigenvalue weighted by molar-refractivity contribution is -0.134. The number of hydrogen-bond acceptors (Lipinski definition) is 5. The Morgan fingerprint density at radius 1 is 0.917 bits per heavy atom. The van der Waals surface area contributed by atoms with E-state index in [1.165, 1.54) is 11.6 Å². The fraction of sp³-hybridized carbons (Fsp3) is 0.250. The smallest absolute Gasteiger partial charge is 0.339 e. The molecule has 2 N–H and O–H groups in total. The normalized spacial score (nSPS) is 9.89. The maximum Gasteiger partial charge on any atom is 0.339 e. The first-order valence-electron chi connectivity index (χ1n) is 11.7. The highest BCUT2D eigenvalue weighted by molar-refractivity contribution is 5.91. The van der Waals surface area contributed by atoms with Crippen LogP contribution in [-0.4, -0.2) is 38.3 Å². The van der Waals surface area contributed by atoms with Crippen LogP contribution in [0.4, 0.5) is 0 Å². The number of aliphatic carboxylic acids is 1. The van der Waals surface area contributed by atoms with E-state index in [-0.39, 0.29) is 12.2 Å². The number of nitrogens with zero attached hydrogens (tertiary/aromatic N) is 2.